The Bertz CT molecular complexity index is 992. The van der Waals surface area contributed by atoms with E-state index in [1.54, 1.807) is 43.3 Å². The number of nitrogens with zero attached hydrogens (tertiary/aromatic N) is 1. The fourth-order valence-electron chi connectivity index (χ4n) is 3.83. The number of carbonyl (C=O) groups excluding carboxylic acids is 3. The zero-order valence-corrected chi connectivity index (χ0v) is 17.1. The lowest BCUT2D eigenvalue weighted by atomic mass is 9.85. The first-order chi connectivity index (χ1) is 14.5. The Kier molecular flexibility index (Phi) is 5.59. The van der Waals surface area contributed by atoms with E-state index in [0.29, 0.717) is 35.1 Å². The molecule has 1 fully saturated rings. The quantitative estimate of drug-likeness (QED) is 0.569. The summed E-state index contributed by atoms with van der Waals surface area (Å²) in [7, 11) is 0. The van der Waals surface area contributed by atoms with Crippen molar-refractivity contribution < 1.29 is 19.1 Å². The molecule has 7 heteroatoms. The second-order valence-electron chi connectivity index (χ2n) is 7.42. The summed E-state index contributed by atoms with van der Waals surface area (Å²) in [5.74, 6) is -0.538. The standard InChI is InChI=1S/C23H21ClN2O4/c1-14(26-22(28)17-6-2-3-7-18(17)23(26)29)21(27)25-15-10-12-16(13-11-15)30-20-9-5-4-8-19(20)24/h2-5,8-14,17-18H,6-7H2,1H3,(H,25,27)/t14-,17-,18-/m0/s1. The van der Waals surface area contributed by atoms with Crippen molar-refractivity contribution in [1.82, 2.24) is 4.90 Å². The highest BCUT2D eigenvalue weighted by Crippen LogP contribution is 2.36. The maximum absolute atomic E-state index is 12.7. The van der Waals surface area contributed by atoms with Crippen molar-refractivity contribution in [2.45, 2.75) is 25.8 Å². The van der Waals surface area contributed by atoms with Gasteiger partial charge in [0.25, 0.3) is 0 Å². The van der Waals surface area contributed by atoms with Crippen LogP contribution in [0.25, 0.3) is 0 Å². The number of allylic oxidation sites excluding steroid dienone is 2. The molecule has 3 amide bonds. The Morgan fingerprint density at radius 1 is 1.03 bits per heavy atom. The summed E-state index contributed by atoms with van der Waals surface area (Å²) in [6.45, 7) is 1.57. The molecule has 2 aromatic carbocycles. The van der Waals surface area contributed by atoms with Gasteiger partial charge in [-0.25, -0.2) is 0 Å². The minimum absolute atomic E-state index is 0.263. The average Bonchev–Trinajstić information content (AvgIpc) is 3.01. The van der Waals surface area contributed by atoms with Gasteiger partial charge in [-0.15, -0.1) is 0 Å². The topological polar surface area (TPSA) is 75.7 Å². The molecule has 0 unspecified atom stereocenters. The van der Waals surface area contributed by atoms with Crippen LogP contribution in [0.2, 0.25) is 5.02 Å². The predicted octanol–water partition coefficient (Wildman–Crippen LogP) is 4.41. The lowest BCUT2D eigenvalue weighted by Crippen LogP contribution is -2.46. The number of rotatable bonds is 5. The lowest BCUT2D eigenvalue weighted by molar-refractivity contribution is -0.146. The number of halogens is 1. The Morgan fingerprint density at radius 2 is 1.63 bits per heavy atom. The van der Waals surface area contributed by atoms with E-state index in [-0.39, 0.29) is 23.7 Å². The van der Waals surface area contributed by atoms with Gasteiger partial charge in [0, 0.05) is 5.69 Å². The maximum Gasteiger partial charge on any atom is 0.247 e. The Hall–Kier alpha value is -3.12. The molecule has 0 saturated carbocycles. The van der Waals surface area contributed by atoms with Gasteiger partial charge in [-0.2, -0.15) is 0 Å². The first kappa shape index (κ1) is 20.2. The van der Waals surface area contributed by atoms with Crippen molar-refractivity contribution in [2.75, 3.05) is 5.32 Å². The van der Waals surface area contributed by atoms with Crippen molar-refractivity contribution in [3.05, 3.63) is 65.7 Å². The van der Waals surface area contributed by atoms with Gasteiger partial charge in [0.05, 0.1) is 16.9 Å². The number of hydrogen-bond acceptors (Lipinski definition) is 4. The van der Waals surface area contributed by atoms with Crippen LogP contribution in [-0.2, 0) is 14.4 Å². The zero-order valence-electron chi connectivity index (χ0n) is 16.4. The molecule has 0 aromatic heterocycles. The van der Waals surface area contributed by atoms with Gasteiger partial charge in [0.2, 0.25) is 17.7 Å². The summed E-state index contributed by atoms with van der Waals surface area (Å²) >= 11 is 6.09. The minimum atomic E-state index is -0.880. The number of carbonyl (C=O) groups is 3. The van der Waals surface area contributed by atoms with Crippen LogP contribution in [-0.4, -0.2) is 28.7 Å². The van der Waals surface area contributed by atoms with Crippen LogP contribution in [0.4, 0.5) is 5.69 Å². The largest absolute Gasteiger partial charge is 0.456 e. The van der Waals surface area contributed by atoms with Gasteiger partial charge in [-0.3, -0.25) is 19.3 Å². The SMILES string of the molecule is C[C@@H](C(=O)Nc1ccc(Oc2ccccc2Cl)cc1)N1C(=O)[C@H]2CC=CC[C@@H]2C1=O. The van der Waals surface area contributed by atoms with Crippen molar-refractivity contribution in [3.8, 4) is 11.5 Å². The van der Waals surface area contributed by atoms with E-state index in [1.165, 1.54) is 0 Å². The average molecular weight is 425 g/mol. The van der Waals surface area contributed by atoms with E-state index < -0.39 is 11.9 Å². The molecule has 154 valence electrons. The molecule has 6 nitrogen and oxygen atoms in total. The molecule has 1 N–H and O–H groups in total. The maximum atomic E-state index is 12.7. The number of fused-ring (bicyclic) bond motifs is 1. The van der Waals surface area contributed by atoms with Gasteiger partial charge >= 0.3 is 0 Å². The van der Waals surface area contributed by atoms with E-state index in [9.17, 15) is 14.4 Å². The third kappa shape index (κ3) is 3.83. The molecular weight excluding hydrogens is 404 g/mol. The normalized spacial score (nSPS) is 21.3. The monoisotopic (exact) mass is 424 g/mol. The number of hydrogen-bond donors (Lipinski definition) is 1. The third-order valence-corrected chi connectivity index (χ3v) is 5.81. The van der Waals surface area contributed by atoms with Gasteiger partial charge in [-0.1, -0.05) is 35.9 Å². The number of nitrogens with one attached hydrogen (secondary N) is 1. The van der Waals surface area contributed by atoms with Crippen LogP contribution in [0.1, 0.15) is 19.8 Å². The Balaban J connectivity index is 1.41. The number of para-hydroxylation sites is 1. The number of ether oxygens (including phenoxy) is 1. The molecule has 1 aliphatic heterocycles. The van der Waals surface area contributed by atoms with Gasteiger partial charge in [0.15, 0.2) is 0 Å². The molecule has 2 aliphatic rings. The van der Waals surface area contributed by atoms with Crippen LogP contribution in [0.15, 0.2) is 60.7 Å². The Labute approximate surface area is 179 Å². The molecule has 3 atom stereocenters. The van der Waals surface area contributed by atoms with Crippen molar-refractivity contribution in [1.29, 1.82) is 0 Å². The molecule has 1 aliphatic carbocycles. The number of imide groups is 1. The second-order valence-corrected chi connectivity index (χ2v) is 7.83. The fourth-order valence-corrected chi connectivity index (χ4v) is 4.01. The number of likely N-dealkylation sites (tertiary alicyclic amines) is 1. The smallest absolute Gasteiger partial charge is 0.247 e. The Morgan fingerprint density at radius 3 is 2.23 bits per heavy atom. The predicted molar refractivity (Wildman–Crippen MR) is 113 cm³/mol. The van der Waals surface area contributed by atoms with E-state index in [0.717, 1.165) is 4.90 Å². The molecule has 30 heavy (non-hydrogen) atoms. The van der Waals surface area contributed by atoms with Gasteiger partial charge in [0.1, 0.15) is 17.5 Å². The van der Waals surface area contributed by atoms with E-state index >= 15 is 0 Å². The highest BCUT2D eigenvalue weighted by molar-refractivity contribution is 6.32. The fraction of sp³-hybridized carbons (Fsp3) is 0.261. The molecule has 1 saturated heterocycles. The summed E-state index contributed by atoms with van der Waals surface area (Å²) in [5.41, 5.74) is 0.538. The summed E-state index contributed by atoms with van der Waals surface area (Å²) in [6, 6.07) is 13.0. The molecular formula is C23H21ClN2O4. The summed E-state index contributed by atoms with van der Waals surface area (Å²) in [5, 5.41) is 3.26. The second kappa shape index (κ2) is 8.32. The molecule has 4 rings (SSSR count). The van der Waals surface area contributed by atoms with Crippen molar-refractivity contribution in [2.24, 2.45) is 11.8 Å². The van der Waals surface area contributed by atoms with Crippen molar-refractivity contribution >= 4 is 35.0 Å². The molecule has 0 bridgehead atoms. The summed E-state index contributed by atoms with van der Waals surface area (Å²) < 4.78 is 5.73. The number of amides is 3. The molecule has 0 spiro atoms. The van der Waals surface area contributed by atoms with E-state index in [4.69, 9.17) is 16.3 Å². The van der Waals surface area contributed by atoms with Gasteiger partial charge in [-0.05, 0) is 56.2 Å². The summed E-state index contributed by atoms with van der Waals surface area (Å²) in [6.07, 6.45) is 4.94. The van der Waals surface area contributed by atoms with Crippen LogP contribution in [0, 0.1) is 11.8 Å². The lowest BCUT2D eigenvalue weighted by Gasteiger charge is -2.22. The van der Waals surface area contributed by atoms with Crippen LogP contribution in [0.3, 0.4) is 0 Å². The number of anilines is 1. The first-order valence-electron chi connectivity index (χ1n) is 9.81. The van der Waals surface area contributed by atoms with E-state index in [2.05, 4.69) is 5.32 Å². The number of benzene rings is 2. The zero-order chi connectivity index (χ0) is 21.3. The van der Waals surface area contributed by atoms with Gasteiger partial charge < -0.3 is 10.1 Å². The van der Waals surface area contributed by atoms with Crippen molar-refractivity contribution in [3.63, 3.8) is 0 Å². The molecule has 2 aromatic rings. The molecule has 1 heterocycles. The highest BCUT2D eigenvalue weighted by Gasteiger charge is 2.50. The van der Waals surface area contributed by atoms with E-state index in [1.807, 2.05) is 24.3 Å². The third-order valence-electron chi connectivity index (χ3n) is 5.49. The molecule has 0 radical (unpaired) electrons. The van der Waals surface area contributed by atoms with Crippen LogP contribution < -0.4 is 10.1 Å². The first-order valence-corrected chi connectivity index (χ1v) is 10.2. The summed E-state index contributed by atoms with van der Waals surface area (Å²) in [4.78, 5) is 39.1. The van der Waals surface area contributed by atoms with Crippen LogP contribution in [0.5, 0.6) is 11.5 Å². The minimum Gasteiger partial charge on any atom is -0.456 e. The highest BCUT2D eigenvalue weighted by atomic mass is 35.5. The van der Waals surface area contributed by atoms with Crippen LogP contribution >= 0.6 is 11.6 Å².